The molecule has 0 heterocycles. The average Bonchev–Trinajstić information content (AvgIpc) is 3.39. The highest BCUT2D eigenvalue weighted by Gasteiger charge is 2.72. The maximum absolute atomic E-state index is 12.3. The Morgan fingerprint density at radius 1 is 0.926 bits per heavy atom. The minimum absolute atomic E-state index is 0.0271. The van der Waals surface area contributed by atoms with E-state index in [1.807, 2.05) is 18.2 Å². The molecule has 0 spiro atoms. The fourth-order valence-corrected chi connectivity index (χ4v) is 4.96. The van der Waals surface area contributed by atoms with Crippen LogP contribution in [0.1, 0.15) is 25.8 Å². The Morgan fingerprint density at radius 3 is 2.19 bits per heavy atom. The molecule has 2 aromatic rings. The van der Waals surface area contributed by atoms with Crippen LogP contribution >= 0.6 is 0 Å². The van der Waals surface area contributed by atoms with Gasteiger partial charge in [-0.15, -0.1) is 0 Å². The lowest BCUT2D eigenvalue weighted by molar-refractivity contribution is -0.133. The molecular weight excluding hydrogens is 332 g/mol. The summed E-state index contributed by atoms with van der Waals surface area (Å²) < 4.78 is 0. The van der Waals surface area contributed by atoms with Crippen molar-refractivity contribution in [2.24, 2.45) is 23.2 Å². The third-order valence-corrected chi connectivity index (χ3v) is 6.29. The summed E-state index contributed by atoms with van der Waals surface area (Å²) in [6.07, 6.45) is 9.37. The maximum Gasteiger partial charge on any atom is 0.143 e. The quantitative estimate of drug-likeness (QED) is 0.534. The zero-order chi connectivity index (χ0) is 19.0. The molecule has 0 unspecified atom stereocenters. The van der Waals surface area contributed by atoms with Gasteiger partial charge in [0.05, 0.1) is 5.41 Å². The van der Waals surface area contributed by atoms with E-state index in [-0.39, 0.29) is 29.3 Å². The highest BCUT2D eigenvalue weighted by Crippen LogP contribution is 2.67. The van der Waals surface area contributed by atoms with Gasteiger partial charge in [-0.3, -0.25) is 9.59 Å². The van der Waals surface area contributed by atoms with Gasteiger partial charge in [0.25, 0.3) is 0 Å². The summed E-state index contributed by atoms with van der Waals surface area (Å²) in [5, 5.41) is 0. The molecule has 4 rings (SSSR count). The van der Waals surface area contributed by atoms with E-state index in [0.717, 1.165) is 12.0 Å². The summed E-state index contributed by atoms with van der Waals surface area (Å²) in [6.45, 7) is 3.14. The van der Waals surface area contributed by atoms with Crippen LogP contribution in [0.4, 0.5) is 0 Å². The number of allylic oxidation sites excluding steroid dienone is 3. The topological polar surface area (TPSA) is 34.1 Å². The van der Waals surface area contributed by atoms with E-state index in [0.29, 0.717) is 0 Å². The van der Waals surface area contributed by atoms with Crippen LogP contribution in [0.5, 0.6) is 0 Å². The molecule has 0 N–H and O–H groups in total. The smallest absolute Gasteiger partial charge is 0.143 e. The van der Waals surface area contributed by atoms with Crippen LogP contribution in [0.25, 0.3) is 17.2 Å². The standard InChI is InChI=1S/C25H24O2/c1-17(26)25(18(2)27)23-10-6-9-22(24(23)25)16-13-19-11-14-21(15-12-19)20-7-4-3-5-8-20/h3-9,11-16,22-24H,10H2,1-2H3/b16-13+/t22-,23-,24+/m1/s1. The molecule has 2 aromatic carbocycles. The summed E-state index contributed by atoms with van der Waals surface area (Å²) in [5.41, 5.74) is 2.77. The predicted octanol–water partition coefficient (Wildman–Crippen LogP) is 5.35. The second kappa shape index (κ2) is 6.77. The summed E-state index contributed by atoms with van der Waals surface area (Å²) in [5.74, 6) is 0.494. The molecule has 0 bridgehead atoms. The second-order valence-corrected chi connectivity index (χ2v) is 7.70. The van der Waals surface area contributed by atoms with E-state index in [2.05, 4.69) is 60.7 Å². The van der Waals surface area contributed by atoms with Crippen LogP contribution in [0, 0.1) is 23.2 Å². The van der Waals surface area contributed by atoms with Gasteiger partial charge in [0.1, 0.15) is 11.6 Å². The van der Waals surface area contributed by atoms with Gasteiger partial charge in [0.2, 0.25) is 0 Å². The molecule has 0 radical (unpaired) electrons. The molecule has 0 saturated heterocycles. The third kappa shape index (κ3) is 2.90. The lowest BCUT2D eigenvalue weighted by Crippen LogP contribution is -2.26. The minimum atomic E-state index is -0.754. The summed E-state index contributed by atoms with van der Waals surface area (Å²) in [4.78, 5) is 24.5. The summed E-state index contributed by atoms with van der Waals surface area (Å²) in [6, 6.07) is 18.8. The van der Waals surface area contributed by atoms with Crippen molar-refractivity contribution in [3.05, 3.63) is 78.4 Å². The van der Waals surface area contributed by atoms with E-state index in [4.69, 9.17) is 0 Å². The molecule has 136 valence electrons. The Labute approximate surface area is 160 Å². The number of ketones is 2. The Hall–Kier alpha value is -2.74. The largest absolute Gasteiger partial charge is 0.299 e. The number of carbonyl (C=O) groups is 2. The molecule has 2 heteroatoms. The zero-order valence-electron chi connectivity index (χ0n) is 15.8. The van der Waals surface area contributed by atoms with Crippen molar-refractivity contribution in [2.75, 3.05) is 0 Å². The maximum atomic E-state index is 12.3. The van der Waals surface area contributed by atoms with Gasteiger partial charge in [0, 0.05) is 0 Å². The number of fused-ring (bicyclic) bond motifs is 1. The van der Waals surface area contributed by atoms with Crippen LogP contribution in [-0.2, 0) is 9.59 Å². The van der Waals surface area contributed by atoms with Gasteiger partial charge in [-0.25, -0.2) is 0 Å². The highest BCUT2D eigenvalue weighted by molar-refractivity contribution is 6.09. The number of Topliss-reactive ketones (excluding diaryl/α,β-unsaturated/α-hetero) is 2. The zero-order valence-corrected chi connectivity index (χ0v) is 15.8. The number of carbonyl (C=O) groups excluding carboxylic acids is 2. The van der Waals surface area contributed by atoms with E-state index < -0.39 is 5.41 Å². The molecule has 2 aliphatic rings. The SMILES string of the molecule is CC(=O)C1(C(C)=O)[C@H]2[C@@H](/C=C/c3ccc(-c4ccccc4)cc3)C=CC[C@H]21. The van der Waals surface area contributed by atoms with E-state index in [1.165, 1.54) is 11.1 Å². The Bertz CT molecular complexity index is 905. The van der Waals surface area contributed by atoms with Crippen molar-refractivity contribution in [1.82, 2.24) is 0 Å². The van der Waals surface area contributed by atoms with Crippen LogP contribution in [0.15, 0.2) is 72.8 Å². The van der Waals surface area contributed by atoms with Gasteiger partial charge in [0.15, 0.2) is 0 Å². The molecule has 27 heavy (non-hydrogen) atoms. The van der Waals surface area contributed by atoms with Crippen LogP contribution < -0.4 is 0 Å². The average molecular weight is 356 g/mol. The lowest BCUT2D eigenvalue weighted by atomic mass is 9.88. The molecule has 2 aliphatic carbocycles. The fourth-order valence-electron chi connectivity index (χ4n) is 4.96. The second-order valence-electron chi connectivity index (χ2n) is 7.70. The Kier molecular flexibility index (Phi) is 4.43. The molecule has 3 atom stereocenters. The van der Waals surface area contributed by atoms with Crippen molar-refractivity contribution in [1.29, 1.82) is 0 Å². The number of hydrogen-bond acceptors (Lipinski definition) is 2. The Morgan fingerprint density at radius 2 is 1.56 bits per heavy atom. The van der Waals surface area contributed by atoms with Gasteiger partial charge in [-0.2, -0.15) is 0 Å². The monoisotopic (exact) mass is 356 g/mol. The van der Waals surface area contributed by atoms with Crippen molar-refractivity contribution < 1.29 is 9.59 Å². The highest BCUT2D eigenvalue weighted by atomic mass is 16.2. The van der Waals surface area contributed by atoms with E-state index in [9.17, 15) is 9.59 Å². The first-order valence-corrected chi connectivity index (χ1v) is 9.57. The van der Waals surface area contributed by atoms with E-state index >= 15 is 0 Å². The first kappa shape index (κ1) is 17.7. The molecule has 1 fully saturated rings. The predicted molar refractivity (Wildman–Crippen MR) is 109 cm³/mol. The lowest BCUT2D eigenvalue weighted by Gasteiger charge is -2.13. The van der Waals surface area contributed by atoms with E-state index in [1.54, 1.807) is 13.8 Å². The number of benzene rings is 2. The molecule has 0 aromatic heterocycles. The minimum Gasteiger partial charge on any atom is -0.299 e. The van der Waals surface area contributed by atoms with Crippen molar-refractivity contribution in [3.63, 3.8) is 0 Å². The third-order valence-electron chi connectivity index (χ3n) is 6.29. The molecule has 0 aliphatic heterocycles. The fraction of sp³-hybridized carbons (Fsp3) is 0.280. The number of hydrogen-bond donors (Lipinski definition) is 0. The number of rotatable bonds is 5. The first-order chi connectivity index (χ1) is 13.0. The molecule has 0 amide bonds. The van der Waals surface area contributed by atoms with Crippen molar-refractivity contribution in [3.8, 4) is 11.1 Å². The van der Waals surface area contributed by atoms with Gasteiger partial charge >= 0.3 is 0 Å². The molecule has 2 nitrogen and oxygen atoms in total. The normalized spacial score (nSPS) is 25.2. The van der Waals surface area contributed by atoms with Crippen LogP contribution in [0.3, 0.4) is 0 Å². The molecule has 1 saturated carbocycles. The van der Waals surface area contributed by atoms with Crippen LogP contribution in [0.2, 0.25) is 0 Å². The Balaban J connectivity index is 1.53. The summed E-state index contributed by atoms with van der Waals surface area (Å²) >= 11 is 0. The first-order valence-electron chi connectivity index (χ1n) is 9.57. The van der Waals surface area contributed by atoms with Crippen molar-refractivity contribution >= 4 is 17.6 Å². The van der Waals surface area contributed by atoms with Gasteiger partial charge in [-0.1, -0.05) is 78.9 Å². The van der Waals surface area contributed by atoms with Gasteiger partial charge in [-0.05, 0) is 54.7 Å². The van der Waals surface area contributed by atoms with Crippen molar-refractivity contribution in [2.45, 2.75) is 20.3 Å². The van der Waals surface area contributed by atoms with Crippen LogP contribution in [-0.4, -0.2) is 11.6 Å². The molecular formula is C25H24O2. The summed E-state index contributed by atoms with van der Waals surface area (Å²) in [7, 11) is 0. The van der Waals surface area contributed by atoms with Gasteiger partial charge < -0.3 is 0 Å².